The number of hydrogen-bond acceptors (Lipinski definition) is 2. The standard InChI is InChI=1S/C44H26N4/c45-27-29-22-25-42-37(26-29)35-16-6-10-20-40(35)48(42)44-31(28-46)23-24-32(30-12-2-1-3-13-30)43(44)36-17-7-11-21-41(36)47-38-18-8-4-14-33(38)34-15-5-9-19-39(34)47/h1-26H. The van der Waals surface area contributed by atoms with Crippen molar-refractivity contribution in [3.63, 3.8) is 0 Å². The Morgan fingerprint density at radius 3 is 1.65 bits per heavy atom. The molecule has 0 atom stereocenters. The highest BCUT2D eigenvalue weighted by Crippen LogP contribution is 2.45. The monoisotopic (exact) mass is 610 g/mol. The molecule has 0 spiro atoms. The van der Waals surface area contributed by atoms with Crippen LogP contribution in [0.2, 0.25) is 0 Å². The number of fused-ring (bicyclic) bond motifs is 6. The number of benzene rings is 7. The molecule has 0 bridgehead atoms. The van der Waals surface area contributed by atoms with Crippen molar-refractivity contribution >= 4 is 43.6 Å². The van der Waals surface area contributed by atoms with E-state index in [0.717, 1.165) is 66.5 Å². The summed E-state index contributed by atoms with van der Waals surface area (Å²) in [7, 11) is 0. The quantitative estimate of drug-likeness (QED) is 0.199. The van der Waals surface area contributed by atoms with Gasteiger partial charge in [0.25, 0.3) is 0 Å². The molecular formula is C44H26N4. The maximum Gasteiger partial charge on any atom is 0.101 e. The first-order chi connectivity index (χ1) is 23.8. The zero-order valence-electron chi connectivity index (χ0n) is 25.8. The van der Waals surface area contributed by atoms with Crippen LogP contribution in [0.25, 0.3) is 77.2 Å². The number of nitriles is 2. The first-order valence-corrected chi connectivity index (χ1v) is 15.9. The van der Waals surface area contributed by atoms with Crippen LogP contribution in [0.15, 0.2) is 158 Å². The van der Waals surface area contributed by atoms with Crippen molar-refractivity contribution in [3.8, 4) is 45.8 Å². The zero-order valence-corrected chi connectivity index (χ0v) is 25.8. The maximum atomic E-state index is 10.8. The molecule has 0 saturated carbocycles. The van der Waals surface area contributed by atoms with Gasteiger partial charge in [0.2, 0.25) is 0 Å². The van der Waals surface area contributed by atoms with E-state index in [1.807, 2.05) is 42.5 Å². The lowest BCUT2D eigenvalue weighted by Gasteiger charge is -2.22. The van der Waals surface area contributed by atoms with Crippen molar-refractivity contribution in [2.75, 3.05) is 0 Å². The molecule has 2 aromatic heterocycles. The van der Waals surface area contributed by atoms with Gasteiger partial charge in [0.1, 0.15) is 6.07 Å². The van der Waals surface area contributed by atoms with E-state index in [1.165, 1.54) is 10.8 Å². The van der Waals surface area contributed by atoms with E-state index in [0.29, 0.717) is 11.1 Å². The van der Waals surface area contributed by atoms with Crippen molar-refractivity contribution < 1.29 is 0 Å². The first-order valence-electron chi connectivity index (χ1n) is 15.9. The third-order valence-electron chi connectivity index (χ3n) is 9.40. The molecule has 7 aromatic carbocycles. The second kappa shape index (κ2) is 10.9. The number of para-hydroxylation sites is 4. The summed E-state index contributed by atoms with van der Waals surface area (Å²) in [6.07, 6.45) is 0. The van der Waals surface area contributed by atoms with Crippen molar-refractivity contribution in [2.24, 2.45) is 0 Å². The summed E-state index contributed by atoms with van der Waals surface area (Å²) >= 11 is 0. The van der Waals surface area contributed by atoms with Crippen molar-refractivity contribution in [1.29, 1.82) is 10.5 Å². The van der Waals surface area contributed by atoms with Gasteiger partial charge in [-0.3, -0.25) is 0 Å². The third-order valence-corrected chi connectivity index (χ3v) is 9.40. The Balaban J connectivity index is 1.48. The molecule has 0 N–H and O–H groups in total. The molecule has 222 valence electrons. The molecule has 0 aliphatic carbocycles. The molecule has 48 heavy (non-hydrogen) atoms. The minimum atomic E-state index is 0.564. The van der Waals surface area contributed by atoms with E-state index in [4.69, 9.17) is 0 Å². The van der Waals surface area contributed by atoms with Gasteiger partial charge < -0.3 is 9.13 Å². The van der Waals surface area contributed by atoms with Crippen molar-refractivity contribution in [3.05, 3.63) is 169 Å². The summed E-state index contributed by atoms with van der Waals surface area (Å²) in [6, 6.07) is 58.9. The van der Waals surface area contributed by atoms with Crippen LogP contribution in [-0.4, -0.2) is 9.13 Å². The van der Waals surface area contributed by atoms with Gasteiger partial charge in [-0.15, -0.1) is 0 Å². The van der Waals surface area contributed by atoms with Gasteiger partial charge in [-0.05, 0) is 59.7 Å². The summed E-state index contributed by atoms with van der Waals surface area (Å²) in [5, 5.41) is 25.0. The van der Waals surface area contributed by atoms with Gasteiger partial charge in [0, 0.05) is 32.7 Å². The van der Waals surface area contributed by atoms with Crippen molar-refractivity contribution in [1.82, 2.24) is 9.13 Å². The minimum Gasteiger partial charge on any atom is -0.309 e. The lowest BCUT2D eigenvalue weighted by molar-refractivity contribution is 1.15. The average molecular weight is 611 g/mol. The maximum absolute atomic E-state index is 10.8. The second-order valence-electron chi connectivity index (χ2n) is 11.9. The van der Waals surface area contributed by atoms with Crippen LogP contribution in [0.4, 0.5) is 0 Å². The summed E-state index contributed by atoms with van der Waals surface area (Å²) in [4.78, 5) is 0. The number of rotatable bonds is 4. The molecule has 0 fully saturated rings. The largest absolute Gasteiger partial charge is 0.309 e. The molecule has 0 aliphatic rings. The second-order valence-corrected chi connectivity index (χ2v) is 11.9. The highest BCUT2D eigenvalue weighted by Gasteiger charge is 2.25. The summed E-state index contributed by atoms with van der Waals surface area (Å²) in [5.74, 6) is 0. The highest BCUT2D eigenvalue weighted by molar-refractivity contribution is 6.12. The van der Waals surface area contributed by atoms with E-state index >= 15 is 0 Å². The molecule has 9 rings (SSSR count). The smallest absolute Gasteiger partial charge is 0.101 e. The Kier molecular flexibility index (Phi) is 6.22. The van der Waals surface area contributed by atoms with E-state index in [2.05, 4.69) is 137 Å². The van der Waals surface area contributed by atoms with E-state index in [-0.39, 0.29) is 0 Å². The van der Waals surface area contributed by atoms with Crippen LogP contribution < -0.4 is 0 Å². The third kappa shape index (κ3) is 4.01. The summed E-state index contributed by atoms with van der Waals surface area (Å²) < 4.78 is 4.57. The molecule has 0 amide bonds. The van der Waals surface area contributed by atoms with Gasteiger partial charge in [-0.25, -0.2) is 0 Å². The van der Waals surface area contributed by atoms with Crippen molar-refractivity contribution in [2.45, 2.75) is 0 Å². The van der Waals surface area contributed by atoms with Crippen LogP contribution in [-0.2, 0) is 0 Å². The van der Waals surface area contributed by atoms with E-state index in [9.17, 15) is 10.5 Å². The fraction of sp³-hybridized carbons (Fsp3) is 0. The molecule has 0 unspecified atom stereocenters. The Morgan fingerprint density at radius 1 is 0.417 bits per heavy atom. The van der Waals surface area contributed by atoms with Crippen LogP contribution in [0.3, 0.4) is 0 Å². The predicted octanol–water partition coefficient (Wildman–Crippen LogP) is 11.0. The van der Waals surface area contributed by atoms with Gasteiger partial charge in [-0.2, -0.15) is 10.5 Å². The number of aromatic nitrogens is 2. The Labute approximate surface area is 277 Å². The number of nitrogens with zero attached hydrogens (tertiary/aromatic N) is 4. The minimum absolute atomic E-state index is 0.564. The lowest BCUT2D eigenvalue weighted by atomic mass is 9.89. The van der Waals surface area contributed by atoms with Crippen LogP contribution >= 0.6 is 0 Å². The molecular weight excluding hydrogens is 585 g/mol. The average Bonchev–Trinajstić information content (AvgIpc) is 3.67. The van der Waals surface area contributed by atoms with Gasteiger partial charge in [-0.1, -0.05) is 109 Å². The molecule has 2 heterocycles. The number of hydrogen-bond donors (Lipinski definition) is 0. The Morgan fingerprint density at radius 2 is 0.979 bits per heavy atom. The highest BCUT2D eigenvalue weighted by atomic mass is 15.0. The molecule has 4 heteroatoms. The molecule has 9 aromatic rings. The topological polar surface area (TPSA) is 57.4 Å². The first kappa shape index (κ1) is 27.4. The summed E-state index contributed by atoms with van der Waals surface area (Å²) in [5.41, 5.74) is 11.2. The predicted molar refractivity (Wildman–Crippen MR) is 195 cm³/mol. The van der Waals surface area contributed by atoms with Crippen LogP contribution in [0.1, 0.15) is 11.1 Å². The van der Waals surface area contributed by atoms with Gasteiger partial charge >= 0.3 is 0 Å². The molecule has 0 aliphatic heterocycles. The fourth-order valence-corrected chi connectivity index (χ4v) is 7.39. The van der Waals surface area contributed by atoms with E-state index in [1.54, 1.807) is 0 Å². The zero-order chi connectivity index (χ0) is 32.2. The fourth-order valence-electron chi connectivity index (χ4n) is 7.39. The van der Waals surface area contributed by atoms with Gasteiger partial charge in [0.15, 0.2) is 0 Å². The van der Waals surface area contributed by atoms with Gasteiger partial charge in [0.05, 0.1) is 50.6 Å². The molecule has 4 nitrogen and oxygen atoms in total. The normalized spacial score (nSPS) is 11.3. The van der Waals surface area contributed by atoms with Crippen LogP contribution in [0, 0.1) is 22.7 Å². The SMILES string of the molecule is N#Cc1ccc2c(c1)c1ccccc1n2-c1c(C#N)ccc(-c2ccccc2)c1-c1ccccc1-n1c2ccccc2c2ccccc21. The van der Waals surface area contributed by atoms with Crippen LogP contribution in [0.5, 0.6) is 0 Å². The molecule has 0 radical (unpaired) electrons. The lowest BCUT2D eigenvalue weighted by Crippen LogP contribution is -2.05. The summed E-state index contributed by atoms with van der Waals surface area (Å²) in [6.45, 7) is 0. The van der Waals surface area contributed by atoms with E-state index < -0.39 is 0 Å². The Bertz CT molecular complexity index is 2750. The molecule has 0 saturated heterocycles. The Hall–Kier alpha value is -6.88.